The van der Waals surface area contributed by atoms with Crippen LogP contribution in [0.25, 0.3) is 0 Å². The Labute approximate surface area is 96.0 Å². The van der Waals surface area contributed by atoms with Crippen molar-refractivity contribution in [3.8, 4) is 0 Å². The molecule has 1 atom stereocenters. The van der Waals surface area contributed by atoms with Crippen molar-refractivity contribution in [2.75, 3.05) is 4.90 Å². The number of carbonyl (C=O) groups is 2. The molecule has 0 aliphatic carbocycles. The molecule has 0 aromatic heterocycles. The molecular weight excluding hydrogens is 226 g/mol. The molecule has 7 heteroatoms. The van der Waals surface area contributed by atoms with E-state index in [0.717, 1.165) is 4.90 Å². The fourth-order valence-electron chi connectivity index (χ4n) is 1.69. The number of nitro groups is 1. The molecule has 1 aromatic carbocycles. The van der Waals surface area contributed by atoms with E-state index in [2.05, 4.69) is 5.73 Å². The van der Waals surface area contributed by atoms with E-state index in [-0.39, 0.29) is 23.9 Å². The largest absolute Gasteiger partial charge is 0.347 e. The number of nitrogens with zero attached hydrogens (tertiary/aromatic N) is 2. The van der Waals surface area contributed by atoms with Crippen LogP contribution in [0.5, 0.6) is 0 Å². The second kappa shape index (κ2) is 3.95. The maximum absolute atomic E-state index is 11.6. The van der Waals surface area contributed by atoms with E-state index in [9.17, 15) is 19.7 Å². The van der Waals surface area contributed by atoms with Crippen molar-refractivity contribution in [2.45, 2.75) is 12.5 Å². The first kappa shape index (κ1) is 11.2. The van der Waals surface area contributed by atoms with Crippen LogP contribution >= 0.6 is 0 Å². The molecule has 3 N–H and O–H groups in total. The lowest BCUT2D eigenvalue weighted by Crippen LogP contribution is -2.64. The van der Waals surface area contributed by atoms with Crippen molar-refractivity contribution in [2.24, 2.45) is 0 Å². The SMILES string of the molecule is [NH3+][C@@H]1CC(=O)N(c2ccc([N+](=O)[O-])cc2)C1=O. The molecular formula is C10H10N3O4+. The van der Waals surface area contributed by atoms with E-state index in [4.69, 9.17) is 0 Å². The van der Waals surface area contributed by atoms with Crippen LogP contribution in [0.15, 0.2) is 24.3 Å². The highest BCUT2D eigenvalue weighted by molar-refractivity contribution is 6.21. The average molecular weight is 236 g/mol. The van der Waals surface area contributed by atoms with Crippen LogP contribution in [0.4, 0.5) is 11.4 Å². The average Bonchev–Trinajstić information content (AvgIpc) is 2.53. The highest BCUT2D eigenvalue weighted by atomic mass is 16.6. The summed E-state index contributed by atoms with van der Waals surface area (Å²) in [6.45, 7) is 0. The molecule has 0 bridgehead atoms. The summed E-state index contributed by atoms with van der Waals surface area (Å²) in [6.07, 6.45) is 0.0792. The van der Waals surface area contributed by atoms with Gasteiger partial charge in [-0.25, -0.2) is 4.90 Å². The number of rotatable bonds is 2. The first-order chi connectivity index (χ1) is 8.00. The molecule has 1 heterocycles. The lowest BCUT2D eigenvalue weighted by atomic mass is 10.2. The molecule has 88 valence electrons. The molecule has 2 amide bonds. The van der Waals surface area contributed by atoms with Crippen LogP contribution in [-0.4, -0.2) is 22.8 Å². The monoisotopic (exact) mass is 236 g/mol. The molecule has 2 rings (SSSR count). The van der Waals surface area contributed by atoms with Gasteiger partial charge < -0.3 is 5.73 Å². The van der Waals surface area contributed by atoms with Gasteiger partial charge in [-0.3, -0.25) is 19.7 Å². The highest BCUT2D eigenvalue weighted by Gasteiger charge is 2.40. The van der Waals surface area contributed by atoms with Gasteiger partial charge in [0.1, 0.15) is 0 Å². The Morgan fingerprint density at radius 2 is 1.88 bits per heavy atom. The number of benzene rings is 1. The maximum Gasteiger partial charge on any atom is 0.292 e. The van der Waals surface area contributed by atoms with Gasteiger partial charge in [0.05, 0.1) is 17.0 Å². The molecule has 1 aliphatic heterocycles. The van der Waals surface area contributed by atoms with Crippen molar-refractivity contribution >= 4 is 23.2 Å². The molecule has 0 spiro atoms. The first-order valence-corrected chi connectivity index (χ1v) is 4.95. The van der Waals surface area contributed by atoms with Crippen LogP contribution in [-0.2, 0) is 9.59 Å². The molecule has 0 unspecified atom stereocenters. The molecule has 17 heavy (non-hydrogen) atoms. The lowest BCUT2D eigenvalue weighted by Gasteiger charge is -2.12. The van der Waals surface area contributed by atoms with Gasteiger partial charge in [-0.05, 0) is 12.1 Å². The van der Waals surface area contributed by atoms with E-state index in [1.165, 1.54) is 24.3 Å². The number of hydrogen-bond donors (Lipinski definition) is 1. The summed E-state index contributed by atoms with van der Waals surface area (Å²) < 4.78 is 0. The summed E-state index contributed by atoms with van der Waals surface area (Å²) in [5.41, 5.74) is 3.83. The lowest BCUT2D eigenvalue weighted by molar-refractivity contribution is -0.399. The van der Waals surface area contributed by atoms with Crippen molar-refractivity contribution in [3.63, 3.8) is 0 Å². The second-order valence-electron chi connectivity index (χ2n) is 3.74. The van der Waals surface area contributed by atoms with Gasteiger partial charge in [0.2, 0.25) is 5.91 Å². The Hall–Kier alpha value is -2.28. The standard InChI is InChI=1S/C10H9N3O4/c11-8-5-9(14)12(10(8)15)6-1-3-7(4-2-6)13(16)17/h1-4,8H,5,11H2/p+1/t8-/m1/s1. The van der Waals surface area contributed by atoms with E-state index >= 15 is 0 Å². The van der Waals surface area contributed by atoms with Crippen molar-refractivity contribution in [3.05, 3.63) is 34.4 Å². The fourth-order valence-corrected chi connectivity index (χ4v) is 1.69. The van der Waals surface area contributed by atoms with Crippen LogP contribution in [0.3, 0.4) is 0 Å². The summed E-state index contributed by atoms with van der Waals surface area (Å²) in [5.74, 6) is -0.701. The molecule has 1 aromatic rings. The minimum absolute atomic E-state index is 0.0792. The third-order valence-electron chi connectivity index (χ3n) is 2.56. The summed E-state index contributed by atoms with van der Waals surface area (Å²) in [7, 11) is 0. The fraction of sp³-hybridized carbons (Fsp3) is 0.200. The van der Waals surface area contributed by atoms with Crippen molar-refractivity contribution in [1.29, 1.82) is 0 Å². The summed E-state index contributed by atoms with van der Waals surface area (Å²) in [5, 5.41) is 10.5. The first-order valence-electron chi connectivity index (χ1n) is 4.95. The summed E-state index contributed by atoms with van der Waals surface area (Å²) in [4.78, 5) is 34.1. The number of hydrogen-bond acceptors (Lipinski definition) is 4. The predicted octanol–water partition coefficient (Wildman–Crippen LogP) is -0.531. The Bertz CT molecular complexity index is 497. The Morgan fingerprint density at radius 3 is 2.29 bits per heavy atom. The number of anilines is 1. The third-order valence-corrected chi connectivity index (χ3v) is 2.56. The Kier molecular flexibility index (Phi) is 2.60. The van der Waals surface area contributed by atoms with Gasteiger partial charge in [0, 0.05) is 12.1 Å². The topological polar surface area (TPSA) is 108 Å². The van der Waals surface area contributed by atoms with Crippen molar-refractivity contribution in [1.82, 2.24) is 0 Å². The smallest absolute Gasteiger partial charge is 0.292 e. The summed E-state index contributed by atoms with van der Waals surface area (Å²) in [6, 6.07) is 4.70. The zero-order chi connectivity index (χ0) is 12.6. The normalized spacial score (nSPS) is 19.8. The van der Waals surface area contributed by atoms with Gasteiger partial charge >= 0.3 is 0 Å². The Balaban J connectivity index is 2.32. The zero-order valence-corrected chi connectivity index (χ0v) is 8.83. The van der Waals surface area contributed by atoms with Crippen molar-refractivity contribution < 1.29 is 20.2 Å². The molecule has 1 saturated heterocycles. The second-order valence-corrected chi connectivity index (χ2v) is 3.74. The van der Waals surface area contributed by atoms with E-state index in [0.29, 0.717) is 5.69 Å². The maximum atomic E-state index is 11.6. The molecule has 1 aliphatic rings. The number of amides is 2. The van der Waals surface area contributed by atoms with Gasteiger partial charge in [0.15, 0.2) is 6.04 Å². The molecule has 0 saturated carbocycles. The van der Waals surface area contributed by atoms with E-state index in [1.54, 1.807) is 0 Å². The summed E-state index contributed by atoms with van der Waals surface area (Å²) >= 11 is 0. The molecule has 7 nitrogen and oxygen atoms in total. The minimum Gasteiger partial charge on any atom is -0.347 e. The molecule has 1 fully saturated rings. The minimum atomic E-state index is -0.572. The van der Waals surface area contributed by atoms with Gasteiger partial charge in [-0.1, -0.05) is 0 Å². The highest BCUT2D eigenvalue weighted by Crippen LogP contribution is 2.23. The van der Waals surface area contributed by atoms with Crippen LogP contribution in [0.1, 0.15) is 6.42 Å². The van der Waals surface area contributed by atoms with Crippen LogP contribution < -0.4 is 10.6 Å². The van der Waals surface area contributed by atoms with Gasteiger partial charge in [0.25, 0.3) is 11.6 Å². The zero-order valence-electron chi connectivity index (χ0n) is 8.83. The van der Waals surface area contributed by atoms with E-state index in [1.807, 2.05) is 0 Å². The number of nitro benzene ring substituents is 1. The van der Waals surface area contributed by atoms with Gasteiger partial charge in [-0.15, -0.1) is 0 Å². The predicted molar refractivity (Wildman–Crippen MR) is 56.9 cm³/mol. The van der Waals surface area contributed by atoms with Gasteiger partial charge in [-0.2, -0.15) is 0 Å². The number of quaternary nitrogens is 1. The van der Waals surface area contributed by atoms with Crippen LogP contribution in [0.2, 0.25) is 0 Å². The third kappa shape index (κ3) is 1.87. The van der Waals surface area contributed by atoms with E-state index < -0.39 is 11.0 Å². The number of imide groups is 1. The number of non-ortho nitro benzene ring substituents is 1. The van der Waals surface area contributed by atoms with Crippen LogP contribution in [0, 0.1) is 10.1 Å². The quantitative estimate of drug-likeness (QED) is 0.423. The molecule has 0 radical (unpaired) electrons. The Morgan fingerprint density at radius 1 is 1.29 bits per heavy atom. The number of carbonyl (C=O) groups excluding carboxylic acids is 2.